The van der Waals surface area contributed by atoms with E-state index in [9.17, 15) is 0 Å². The maximum atomic E-state index is 4.10. The average molecular weight is 291 g/mol. The molecule has 0 aromatic carbocycles. The zero-order chi connectivity index (χ0) is 15.7. The van der Waals surface area contributed by atoms with Gasteiger partial charge in [-0.3, -0.25) is 9.88 Å². The summed E-state index contributed by atoms with van der Waals surface area (Å²) in [4.78, 5) is 6.64. The predicted molar refractivity (Wildman–Crippen MR) is 91.3 cm³/mol. The Bertz CT molecular complexity index is 377. The molecule has 1 aromatic heterocycles. The van der Waals surface area contributed by atoms with E-state index in [1.54, 1.807) is 0 Å². The first-order valence-electron chi connectivity index (χ1n) is 8.31. The van der Waals surface area contributed by atoms with Gasteiger partial charge in [0.05, 0.1) is 0 Å². The van der Waals surface area contributed by atoms with Crippen molar-refractivity contribution in [3.8, 4) is 0 Å². The SMILES string of the molecule is CCN(Cc1ccncc1)CC(C)(CC)CNCC(C)C. The van der Waals surface area contributed by atoms with Crippen LogP contribution in [0.3, 0.4) is 0 Å². The van der Waals surface area contributed by atoms with E-state index in [0.29, 0.717) is 11.3 Å². The highest BCUT2D eigenvalue weighted by Crippen LogP contribution is 2.22. The van der Waals surface area contributed by atoms with Crippen LogP contribution in [0.1, 0.15) is 46.6 Å². The lowest BCUT2D eigenvalue weighted by molar-refractivity contribution is 0.153. The van der Waals surface area contributed by atoms with Crippen LogP contribution in [-0.2, 0) is 6.54 Å². The molecular weight excluding hydrogens is 258 g/mol. The number of aromatic nitrogens is 1. The number of nitrogens with one attached hydrogen (secondary N) is 1. The van der Waals surface area contributed by atoms with E-state index in [-0.39, 0.29) is 0 Å². The van der Waals surface area contributed by atoms with Gasteiger partial charge < -0.3 is 5.32 Å². The first-order valence-corrected chi connectivity index (χ1v) is 8.31. The monoisotopic (exact) mass is 291 g/mol. The zero-order valence-electron chi connectivity index (χ0n) is 14.5. The summed E-state index contributed by atoms with van der Waals surface area (Å²) in [6.07, 6.45) is 4.96. The van der Waals surface area contributed by atoms with Gasteiger partial charge in [-0.25, -0.2) is 0 Å². The van der Waals surface area contributed by atoms with Crippen LogP contribution >= 0.6 is 0 Å². The molecule has 1 rings (SSSR count). The van der Waals surface area contributed by atoms with Gasteiger partial charge >= 0.3 is 0 Å². The van der Waals surface area contributed by atoms with E-state index < -0.39 is 0 Å². The minimum atomic E-state index is 0.331. The van der Waals surface area contributed by atoms with E-state index in [0.717, 1.165) is 32.7 Å². The van der Waals surface area contributed by atoms with Crippen LogP contribution in [0.2, 0.25) is 0 Å². The van der Waals surface area contributed by atoms with Gasteiger partial charge in [0.15, 0.2) is 0 Å². The number of pyridine rings is 1. The Labute approximate surface area is 131 Å². The van der Waals surface area contributed by atoms with E-state index >= 15 is 0 Å². The molecule has 0 fully saturated rings. The summed E-state index contributed by atoms with van der Waals surface area (Å²) in [6.45, 7) is 16.9. The molecule has 0 aliphatic rings. The van der Waals surface area contributed by atoms with Crippen molar-refractivity contribution in [1.29, 1.82) is 0 Å². The minimum absolute atomic E-state index is 0.331. The Kier molecular flexibility index (Phi) is 7.91. The molecule has 0 saturated carbocycles. The molecule has 3 heteroatoms. The molecule has 0 radical (unpaired) electrons. The molecule has 21 heavy (non-hydrogen) atoms. The van der Waals surface area contributed by atoms with Gasteiger partial charge in [-0.1, -0.05) is 34.6 Å². The maximum absolute atomic E-state index is 4.10. The summed E-state index contributed by atoms with van der Waals surface area (Å²) < 4.78 is 0. The first-order chi connectivity index (χ1) is 9.99. The molecule has 0 saturated heterocycles. The summed E-state index contributed by atoms with van der Waals surface area (Å²) in [5.74, 6) is 0.713. The fraction of sp³-hybridized carbons (Fsp3) is 0.722. The van der Waals surface area contributed by atoms with E-state index in [2.05, 4.69) is 62.0 Å². The highest BCUT2D eigenvalue weighted by Gasteiger charge is 2.24. The molecule has 1 unspecified atom stereocenters. The highest BCUT2D eigenvalue weighted by atomic mass is 15.1. The molecule has 0 amide bonds. The lowest BCUT2D eigenvalue weighted by Gasteiger charge is -2.35. The van der Waals surface area contributed by atoms with Gasteiger partial charge in [-0.15, -0.1) is 0 Å². The van der Waals surface area contributed by atoms with Crippen molar-refractivity contribution >= 4 is 0 Å². The third-order valence-electron chi connectivity index (χ3n) is 4.17. The van der Waals surface area contributed by atoms with Crippen LogP contribution in [0.5, 0.6) is 0 Å². The second-order valence-electron chi connectivity index (χ2n) is 6.85. The van der Waals surface area contributed by atoms with Crippen molar-refractivity contribution < 1.29 is 0 Å². The fourth-order valence-corrected chi connectivity index (χ4v) is 2.52. The topological polar surface area (TPSA) is 28.2 Å². The molecule has 3 nitrogen and oxygen atoms in total. The molecular formula is C18H33N3. The van der Waals surface area contributed by atoms with Gasteiger partial charge in [0.2, 0.25) is 0 Å². The molecule has 0 bridgehead atoms. The van der Waals surface area contributed by atoms with Crippen molar-refractivity contribution in [2.45, 2.75) is 47.6 Å². The molecule has 0 aliphatic heterocycles. The second-order valence-corrected chi connectivity index (χ2v) is 6.85. The zero-order valence-corrected chi connectivity index (χ0v) is 14.5. The third kappa shape index (κ3) is 7.05. The number of hydrogen-bond acceptors (Lipinski definition) is 3. The van der Waals surface area contributed by atoms with Crippen LogP contribution in [0.4, 0.5) is 0 Å². The van der Waals surface area contributed by atoms with Crippen LogP contribution in [-0.4, -0.2) is 36.1 Å². The summed E-state index contributed by atoms with van der Waals surface area (Å²) in [5.41, 5.74) is 1.68. The quantitative estimate of drug-likeness (QED) is 0.714. The molecule has 0 aliphatic carbocycles. The largest absolute Gasteiger partial charge is 0.316 e. The van der Waals surface area contributed by atoms with Gasteiger partial charge in [-0.05, 0) is 48.5 Å². The molecule has 0 spiro atoms. The number of rotatable bonds is 10. The predicted octanol–water partition coefficient (Wildman–Crippen LogP) is 3.57. The van der Waals surface area contributed by atoms with Gasteiger partial charge in [0, 0.05) is 32.0 Å². The van der Waals surface area contributed by atoms with E-state index in [1.807, 2.05) is 12.4 Å². The lowest BCUT2D eigenvalue weighted by Crippen LogP contribution is -2.42. The highest BCUT2D eigenvalue weighted by molar-refractivity contribution is 5.09. The standard InChI is InChI=1S/C18H33N3/c1-6-18(5,14-20-12-16(3)4)15-21(7-2)13-17-8-10-19-11-9-17/h8-11,16,20H,6-7,12-15H2,1-5H3. The molecule has 1 heterocycles. The van der Waals surface area contributed by atoms with Crippen LogP contribution in [0, 0.1) is 11.3 Å². The van der Waals surface area contributed by atoms with Crippen LogP contribution in [0.15, 0.2) is 24.5 Å². The molecule has 1 atom stereocenters. The van der Waals surface area contributed by atoms with Gasteiger partial charge in [0.1, 0.15) is 0 Å². The summed E-state index contributed by atoms with van der Waals surface area (Å²) in [5, 5.41) is 3.63. The van der Waals surface area contributed by atoms with Crippen LogP contribution < -0.4 is 5.32 Å². The Morgan fingerprint density at radius 1 is 1.24 bits per heavy atom. The Hall–Kier alpha value is -0.930. The number of hydrogen-bond donors (Lipinski definition) is 1. The average Bonchev–Trinajstić information content (AvgIpc) is 2.47. The molecule has 1 N–H and O–H groups in total. The Morgan fingerprint density at radius 2 is 1.90 bits per heavy atom. The van der Waals surface area contributed by atoms with Crippen molar-refractivity contribution in [2.75, 3.05) is 26.2 Å². The molecule has 120 valence electrons. The van der Waals surface area contributed by atoms with Crippen molar-refractivity contribution in [1.82, 2.24) is 15.2 Å². The van der Waals surface area contributed by atoms with Gasteiger partial charge in [-0.2, -0.15) is 0 Å². The van der Waals surface area contributed by atoms with Crippen molar-refractivity contribution in [2.24, 2.45) is 11.3 Å². The summed E-state index contributed by atoms with van der Waals surface area (Å²) in [6, 6.07) is 4.23. The van der Waals surface area contributed by atoms with Crippen molar-refractivity contribution in [3.05, 3.63) is 30.1 Å². The third-order valence-corrected chi connectivity index (χ3v) is 4.17. The summed E-state index contributed by atoms with van der Waals surface area (Å²) in [7, 11) is 0. The Balaban J connectivity index is 2.55. The van der Waals surface area contributed by atoms with E-state index in [4.69, 9.17) is 0 Å². The van der Waals surface area contributed by atoms with Gasteiger partial charge in [0.25, 0.3) is 0 Å². The van der Waals surface area contributed by atoms with Crippen molar-refractivity contribution in [3.63, 3.8) is 0 Å². The first kappa shape index (κ1) is 18.1. The molecule has 1 aromatic rings. The Morgan fingerprint density at radius 3 is 2.43 bits per heavy atom. The second kappa shape index (κ2) is 9.16. The minimum Gasteiger partial charge on any atom is -0.316 e. The summed E-state index contributed by atoms with van der Waals surface area (Å²) >= 11 is 0. The van der Waals surface area contributed by atoms with E-state index in [1.165, 1.54) is 12.0 Å². The lowest BCUT2D eigenvalue weighted by atomic mass is 9.86. The fourth-order valence-electron chi connectivity index (χ4n) is 2.52. The van der Waals surface area contributed by atoms with Crippen LogP contribution in [0.25, 0.3) is 0 Å². The number of nitrogens with zero attached hydrogens (tertiary/aromatic N) is 2. The smallest absolute Gasteiger partial charge is 0.0271 e. The maximum Gasteiger partial charge on any atom is 0.0271 e. The normalized spacial score (nSPS) is 14.6.